The van der Waals surface area contributed by atoms with Crippen LogP contribution in [0.2, 0.25) is 0 Å². The standard InChI is InChI=1S/C5H6NO/c1-3-5(2)6-4-7/h1,5H,2H3,(H,6,7). The number of amides is 1. The van der Waals surface area contributed by atoms with Gasteiger partial charge in [0.15, 0.2) is 0 Å². The van der Waals surface area contributed by atoms with Gasteiger partial charge in [-0.2, -0.15) is 0 Å². The summed E-state index contributed by atoms with van der Waals surface area (Å²) in [5, 5.41) is 2.25. The summed E-state index contributed by atoms with van der Waals surface area (Å²) in [5.41, 5.74) is 0. The first-order chi connectivity index (χ1) is 3.31. The molecule has 1 N–H and O–H groups in total. The first kappa shape index (κ1) is 6.03. The monoisotopic (exact) mass is 96.0 g/mol. The minimum Gasteiger partial charge on any atom is -0.334 e. The summed E-state index contributed by atoms with van der Waals surface area (Å²) in [6.07, 6.45) is 6.34. The first-order valence-corrected chi connectivity index (χ1v) is 1.90. The summed E-state index contributed by atoms with van der Waals surface area (Å²) in [6, 6.07) is -0.197. The highest BCUT2D eigenvalue weighted by atomic mass is 16.1. The van der Waals surface area contributed by atoms with Crippen molar-refractivity contribution in [3.05, 3.63) is 0 Å². The van der Waals surface area contributed by atoms with Crippen LogP contribution in [0.1, 0.15) is 6.92 Å². The largest absolute Gasteiger partial charge is 0.334 e. The quantitative estimate of drug-likeness (QED) is 0.370. The molecule has 0 aliphatic heterocycles. The Kier molecular flexibility index (Phi) is 2.78. The number of hydrogen-bond acceptors (Lipinski definition) is 1. The van der Waals surface area contributed by atoms with Crippen LogP contribution < -0.4 is 5.32 Å². The lowest BCUT2D eigenvalue weighted by Gasteiger charge is -1.94. The van der Waals surface area contributed by atoms with E-state index in [0.717, 1.165) is 0 Å². The fourth-order valence-electron chi connectivity index (χ4n) is 0.130. The van der Waals surface area contributed by atoms with E-state index in [0.29, 0.717) is 0 Å². The molecule has 7 heavy (non-hydrogen) atoms. The normalized spacial score (nSPS) is 11.4. The van der Waals surface area contributed by atoms with Crippen LogP contribution in [0.5, 0.6) is 0 Å². The molecule has 37 valence electrons. The Morgan fingerprint density at radius 3 is 2.57 bits per heavy atom. The zero-order valence-electron chi connectivity index (χ0n) is 4.06. The number of hydrogen-bond donors (Lipinski definition) is 1. The number of nitrogens with one attached hydrogen (secondary N) is 1. The molecule has 1 radical (unpaired) electrons. The maximum absolute atomic E-state index is 9.44. The van der Waals surface area contributed by atoms with Gasteiger partial charge in [-0.1, -0.05) is 5.92 Å². The van der Waals surface area contributed by atoms with Crippen molar-refractivity contribution in [2.45, 2.75) is 13.0 Å². The van der Waals surface area contributed by atoms with Crippen molar-refractivity contribution in [2.24, 2.45) is 0 Å². The molecule has 1 amide bonds. The molecular weight excluding hydrogens is 90.1 g/mol. The van der Waals surface area contributed by atoms with E-state index in [1.165, 1.54) is 6.41 Å². The lowest BCUT2D eigenvalue weighted by Crippen LogP contribution is -2.21. The third-order valence-electron chi connectivity index (χ3n) is 0.525. The van der Waals surface area contributed by atoms with Crippen molar-refractivity contribution >= 4 is 6.41 Å². The Bertz CT molecular complexity index is 92.7. The molecule has 0 aliphatic rings. The summed E-state index contributed by atoms with van der Waals surface area (Å²) in [6.45, 7) is 1.70. The van der Waals surface area contributed by atoms with E-state index in [-0.39, 0.29) is 6.04 Å². The molecule has 0 saturated carbocycles. The maximum atomic E-state index is 9.44. The van der Waals surface area contributed by atoms with Crippen LogP contribution in [0.15, 0.2) is 0 Å². The van der Waals surface area contributed by atoms with Crippen molar-refractivity contribution in [1.82, 2.24) is 5.32 Å². The van der Waals surface area contributed by atoms with E-state index < -0.39 is 0 Å². The Morgan fingerprint density at radius 2 is 2.43 bits per heavy atom. The predicted molar refractivity (Wildman–Crippen MR) is 27.1 cm³/mol. The van der Waals surface area contributed by atoms with E-state index in [9.17, 15) is 4.79 Å². The highest BCUT2D eigenvalue weighted by Crippen LogP contribution is 1.68. The van der Waals surface area contributed by atoms with Crippen LogP contribution in [-0.4, -0.2) is 12.5 Å². The fraction of sp³-hybridized carbons (Fsp3) is 0.400. The molecule has 0 bridgehead atoms. The Balaban J connectivity index is 3.21. The van der Waals surface area contributed by atoms with Gasteiger partial charge in [0.05, 0.1) is 6.04 Å². The van der Waals surface area contributed by atoms with Gasteiger partial charge in [0.25, 0.3) is 0 Å². The Morgan fingerprint density at radius 1 is 1.86 bits per heavy atom. The Labute approximate surface area is 42.9 Å². The van der Waals surface area contributed by atoms with Gasteiger partial charge in [0, 0.05) is 0 Å². The molecule has 0 aromatic heterocycles. The van der Waals surface area contributed by atoms with Crippen LogP contribution in [-0.2, 0) is 4.79 Å². The number of terminal acetylenes is 1. The predicted octanol–water partition coefficient (Wildman–Crippen LogP) is -0.335. The summed E-state index contributed by atoms with van der Waals surface area (Å²) < 4.78 is 0. The fourth-order valence-corrected chi connectivity index (χ4v) is 0.130. The van der Waals surface area contributed by atoms with Gasteiger partial charge in [0.2, 0.25) is 0 Å². The van der Waals surface area contributed by atoms with E-state index in [1.807, 2.05) is 0 Å². The van der Waals surface area contributed by atoms with E-state index in [2.05, 4.69) is 11.2 Å². The Hall–Kier alpha value is -0.970. The van der Waals surface area contributed by atoms with E-state index in [4.69, 9.17) is 6.42 Å². The molecule has 0 fully saturated rings. The molecule has 1 atom stereocenters. The molecule has 0 saturated heterocycles. The minimum atomic E-state index is -0.197. The average molecular weight is 96.1 g/mol. The lowest BCUT2D eigenvalue weighted by molar-refractivity contribution is 0.538. The topological polar surface area (TPSA) is 29.1 Å². The SMILES string of the molecule is C#CC(C)N[C]=O. The van der Waals surface area contributed by atoms with Crippen molar-refractivity contribution in [1.29, 1.82) is 0 Å². The molecular formula is C5H6NO. The second-order valence-electron chi connectivity index (χ2n) is 1.13. The van der Waals surface area contributed by atoms with Gasteiger partial charge in [-0.05, 0) is 6.92 Å². The van der Waals surface area contributed by atoms with Gasteiger partial charge >= 0.3 is 6.41 Å². The van der Waals surface area contributed by atoms with Gasteiger partial charge < -0.3 is 5.32 Å². The molecule has 0 aromatic rings. The zero-order valence-corrected chi connectivity index (χ0v) is 4.06. The maximum Gasteiger partial charge on any atom is 0.310 e. The van der Waals surface area contributed by atoms with Crippen LogP contribution >= 0.6 is 0 Å². The smallest absolute Gasteiger partial charge is 0.310 e. The minimum absolute atomic E-state index is 0.197. The highest BCUT2D eigenvalue weighted by Gasteiger charge is 1.87. The molecule has 0 aromatic carbocycles. The van der Waals surface area contributed by atoms with Crippen molar-refractivity contribution < 1.29 is 4.79 Å². The van der Waals surface area contributed by atoms with E-state index in [1.54, 1.807) is 6.92 Å². The van der Waals surface area contributed by atoms with Gasteiger partial charge in [-0.3, -0.25) is 4.79 Å². The summed E-state index contributed by atoms with van der Waals surface area (Å²) in [7, 11) is 0. The third-order valence-corrected chi connectivity index (χ3v) is 0.525. The van der Waals surface area contributed by atoms with Gasteiger partial charge in [-0.15, -0.1) is 6.42 Å². The van der Waals surface area contributed by atoms with Crippen LogP contribution in [0.3, 0.4) is 0 Å². The molecule has 0 aliphatic carbocycles. The average Bonchev–Trinajstić information content (AvgIpc) is 1.68. The second kappa shape index (κ2) is 3.23. The molecule has 0 rings (SSSR count). The second-order valence-corrected chi connectivity index (χ2v) is 1.13. The van der Waals surface area contributed by atoms with Crippen LogP contribution in [0, 0.1) is 12.3 Å². The van der Waals surface area contributed by atoms with Gasteiger partial charge in [-0.25, -0.2) is 0 Å². The van der Waals surface area contributed by atoms with Crippen molar-refractivity contribution in [3.8, 4) is 12.3 Å². The van der Waals surface area contributed by atoms with E-state index >= 15 is 0 Å². The highest BCUT2D eigenvalue weighted by molar-refractivity contribution is 5.48. The van der Waals surface area contributed by atoms with Crippen LogP contribution in [0.4, 0.5) is 0 Å². The van der Waals surface area contributed by atoms with Crippen LogP contribution in [0.25, 0.3) is 0 Å². The number of carbonyl (C=O) groups excluding carboxylic acids is 1. The first-order valence-electron chi connectivity index (χ1n) is 1.90. The molecule has 1 unspecified atom stereocenters. The zero-order chi connectivity index (χ0) is 5.70. The molecule has 0 spiro atoms. The molecule has 2 nitrogen and oxygen atoms in total. The summed E-state index contributed by atoms with van der Waals surface area (Å²) >= 11 is 0. The molecule has 0 heterocycles. The third kappa shape index (κ3) is 2.84. The van der Waals surface area contributed by atoms with Crippen molar-refractivity contribution in [3.63, 3.8) is 0 Å². The van der Waals surface area contributed by atoms with Gasteiger partial charge in [0.1, 0.15) is 0 Å². The molecule has 2 heteroatoms. The summed E-state index contributed by atoms with van der Waals surface area (Å²) in [4.78, 5) is 9.44. The number of rotatable bonds is 2. The lowest BCUT2D eigenvalue weighted by atomic mass is 10.4. The van der Waals surface area contributed by atoms with Crippen molar-refractivity contribution in [2.75, 3.05) is 0 Å². The summed E-state index contributed by atoms with van der Waals surface area (Å²) in [5.74, 6) is 2.29.